The molecule has 28 heavy (non-hydrogen) atoms. The van der Waals surface area contributed by atoms with Crippen molar-refractivity contribution in [2.45, 2.75) is 25.7 Å². The van der Waals surface area contributed by atoms with Crippen molar-refractivity contribution in [1.82, 2.24) is 10.3 Å². The van der Waals surface area contributed by atoms with Gasteiger partial charge in [0.1, 0.15) is 5.82 Å². The van der Waals surface area contributed by atoms with E-state index in [2.05, 4.69) is 10.3 Å². The summed E-state index contributed by atoms with van der Waals surface area (Å²) in [5.41, 5.74) is 1.82. The number of halogens is 3. The molecule has 0 unspecified atom stereocenters. The number of benzene rings is 2. The molecule has 3 aromatic rings. The predicted octanol–water partition coefficient (Wildman–Crippen LogP) is 5.47. The number of rotatable bonds is 8. The first kappa shape index (κ1) is 20.4. The molecular weight excluding hydrogens is 402 g/mol. The van der Waals surface area contributed by atoms with Crippen molar-refractivity contribution in [3.05, 3.63) is 76.0 Å². The first-order chi connectivity index (χ1) is 13.5. The number of carbonyl (C=O) groups excluding carboxylic acids is 1. The topological polar surface area (TPSA) is 55.1 Å². The molecular formula is C21H19Cl2FN2O2. The Morgan fingerprint density at radius 1 is 1.07 bits per heavy atom. The summed E-state index contributed by atoms with van der Waals surface area (Å²) in [5, 5.41) is 3.96. The Morgan fingerprint density at radius 3 is 2.61 bits per heavy atom. The summed E-state index contributed by atoms with van der Waals surface area (Å²) in [6.45, 7) is 0.575. The highest BCUT2D eigenvalue weighted by Gasteiger charge is 2.09. The average Bonchev–Trinajstić information content (AvgIpc) is 3.16. The fourth-order valence-corrected chi connectivity index (χ4v) is 3.02. The zero-order chi connectivity index (χ0) is 19.9. The third-order valence-electron chi connectivity index (χ3n) is 4.20. The summed E-state index contributed by atoms with van der Waals surface area (Å²) in [6.07, 6.45) is 3.88. The molecule has 1 N–H and O–H groups in total. The molecule has 0 aliphatic rings. The van der Waals surface area contributed by atoms with E-state index >= 15 is 0 Å². The molecule has 1 heterocycles. The van der Waals surface area contributed by atoms with Gasteiger partial charge in [-0.3, -0.25) is 4.79 Å². The molecule has 0 bridgehead atoms. The molecule has 3 rings (SSSR count). The van der Waals surface area contributed by atoms with Gasteiger partial charge in [-0.2, -0.15) is 0 Å². The Hall–Kier alpha value is -2.37. The maximum absolute atomic E-state index is 13.0. The number of carbonyl (C=O) groups is 1. The summed E-state index contributed by atoms with van der Waals surface area (Å²) < 4.78 is 18.6. The van der Waals surface area contributed by atoms with Crippen LogP contribution in [0.3, 0.4) is 0 Å². The van der Waals surface area contributed by atoms with Gasteiger partial charge in [-0.15, -0.1) is 0 Å². The SMILES string of the molecule is O=C(CCc1ncc(-c2ccc(F)cc2)o1)NCCCc1ccc(Cl)c(Cl)c1. The zero-order valence-corrected chi connectivity index (χ0v) is 16.6. The van der Waals surface area contributed by atoms with Crippen molar-refractivity contribution in [3.8, 4) is 11.3 Å². The molecule has 0 atom stereocenters. The second-order valence-corrected chi connectivity index (χ2v) is 7.14. The normalized spacial score (nSPS) is 10.8. The van der Waals surface area contributed by atoms with Gasteiger partial charge in [-0.1, -0.05) is 29.3 Å². The summed E-state index contributed by atoms with van der Waals surface area (Å²) in [7, 11) is 0. The molecule has 7 heteroatoms. The van der Waals surface area contributed by atoms with Crippen LogP contribution in [0, 0.1) is 5.82 Å². The third-order valence-corrected chi connectivity index (χ3v) is 4.94. The van der Waals surface area contributed by atoms with Crippen LogP contribution in [0.4, 0.5) is 4.39 Å². The van der Waals surface area contributed by atoms with Crippen LogP contribution in [0.5, 0.6) is 0 Å². The van der Waals surface area contributed by atoms with Crippen molar-refractivity contribution in [2.24, 2.45) is 0 Å². The average molecular weight is 421 g/mol. The maximum atomic E-state index is 13.0. The van der Waals surface area contributed by atoms with Crippen LogP contribution in [0.2, 0.25) is 10.0 Å². The fraction of sp³-hybridized carbons (Fsp3) is 0.238. The number of nitrogens with one attached hydrogen (secondary N) is 1. The highest BCUT2D eigenvalue weighted by molar-refractivity contribution is 6.42. The number of hydrogen-bond acceptors (Lipinski definition) is 3. The minimum atomic E-state index is -0.306. The molecule has 4 nitrogen and oxygen atoms in total. The second kappa shape index (κ2) is 9.71. The number of hydrogen-bond donors (Lipinski definition) is 1. The molecule has 0 radical (unpaired) electrons. The van der Waals surface area contributed by atoms with E-state index in [1.165, 1.54) is 12.1 Å². The van der Waals surface area contributed by atoms with Crippen LogP contribution in [0.15, 0.2) is 53.1 Å². The molecule has 1 amide bonds. The van der Waals surface area contributed by atoms with Crippen molar-refractivity contribution < 1.29 is 13.6 Å². The second-order valence-electron chi connectivity index (χ2n) is 6.33. The van der Waals surface area contributed by atoms with Gasteiger partial charge in [0, 0.05) is 24.9 Å². The molecule has 0 saturated carbocycles. The summed E-state index contributed by atoms with van der Waals surface area (Å²) >= 11 is 11.9. The van der Waals surface area contributed by atoms with E-state index in [1.54, 1.807) is 24.4 Å². The number of amides is 1. The van der Waals surface area contributed by atoms with Crippen LogP contribution >= 0.6 is 23.2 Å². The largest absolute Gasteiger partial charge is 0.441 e. The van der Waals surface area contributed by atoms with Gasteiger partial charge in [0.2, 0.25) is 5.91 Å². The molecule has 146 valence electrons. The number of oxazole rings is 1. The molecule has 0 saturated heterocycles. The monoisotopic (exact) mass is 420 g/mol. The highest BCUT2D eigenvalue weighted by atomic mass is 35.5. The smallest absolute Gasteiger partial charge is 0.220 e. The lowest BCUT2D eigenvalue weighted by Gasteiger charge is -2.05. The van der Waals surface area contributed by atoms with Crippen LogP contribution < -0.4 is 5.32 Å². The molecule has 1 aromatic heterocycles. The van der Waals surface area contributed by atoms with E-state index < -0.39 is 0 Å². The van der Waals surface area contributed by atoms with Gasteiger partial charge in [-0.05, 0) is 54.8 Å². The van der Waals surface area contributed by atoms with E-state index in [-0.39, 0.29) is 18.1 Å². The third kappa shape index (κ3) is 5.81. The number of aryl methyl sites for hydroxylation is 2. The van der Waals surface area contributed by atoms with Gasteiger partial charge in [0.25, 0.3) is 0 Å². The van der Waals surface area contributed by atoms with Crippen LogP contribution in [0.25, 0.3) is 11.3 Å². The van der Waals surface area contributed by atoms with Crippen molar-refractivity contribution >= 4 is 29.1 Å². The Bertz CT molecular complexity index is 942. The van der Waals surface area contributed by atoms with E-state index in [4.69, 9.17) is 27.6 Å². The predicted molar refractivity (Wildman–Crippen MR) is 108 cm³/mol. The van der Waals surface area contributed by atoms with Crippen LogP contribution in [-0.4, -0.2) is 17.4 Å². The van der Waals surface area contributed by atoms with Gasteiger partial charge in [-0.25, -0.2) is 9.37 Å². The van der Waals surface area contributed by atoms with E-state index in [0.717, 1.165) is 24.0 Å². The van der Waals surface area contributed by atoms with Gasteiger partial charge >= 0.3 is 0 Å². The quantitative estimate of drug-likeness (QED) is 0.491. The van der Waals surface area contributed by atoms with Crippen molar-refractivity contribution in [3.63, 3.8) is 0 Å². The maximum Gasteiger partial charge on any atom is 0.220 e. The van der Waals surface area contributed by atoms with Crippen molar-refractivity contribution in [1.29, 1.82) is 0 Å². The molecule has 0 aliphatic carbocycles. The molecule has 0 aliphatic heterocycles. The Labute approximate surface area is 172 Å². The van der Waals surface area contributed by atoms with Gasteiger partial charge in [0.15, 0.2) is 11.7 Å². The first-order valence-electron chi connectivity index (χ1n) is 8.92. The molecule has 0 spiro atoms. The first-order valence-corrected chi connectivity index (χ1v) is 9.68. The number of aromatic nitrogens is 1. The van der Waals surface area contributed by atoms with Gasteiger partial charge in [0.05, 0.1) is 16.2 Å². The van der Waals surface area contributed by atoms with E-state index in [1.807, 2.05) is 12.1 Å². The Morgan fingerprint density at radius 2 is 1.86 bits per heavy atom. The summed E-state index contributed by atoms with van der Waals surface area (Å²) in [6, 6.07) is 11.5. The highest BCUT2D eigenvalue weighted by Crippen LogP contribution is 2.23. The number of nitrogens with zero attached hydrogens (tertiary/aromatic N) is 1. The lowest BCUT2D eigenvalue weighted by atomic mass is 10.1. The van der Waals surface area contributed by atoms with E-state index in [0.29, 0.717) is 34.7 Å². The van der Waals surface area contributed by atoms with Gasteiger partial charge < -0.3 is 9.73 Å². The zero-order valence-electron chi connectivity index (χ0n) is 15.1. The fourth-order valence-electron chi connectivity index (χ4n) is 2.70. The Balaban J connectivity index is 1.38. The minimum absolute atomic E-state index is 0.0596. The summed E-state index contributed by atoms with van der Waals surface area (Å²) in [5.74, 6) is 0.664. The lowest BCUT2D eigenvalue weighted by Crippen LogP contribution is -2.25. The van der Waals surface area contributed by atoms with Crippen LogP contribution in [-0.2, 0) is 17.6 Å². The van der Waals surface area contributed by atoms with Crippen molar-refractivity contribution in [2.75, 3.05) is 6.54 Å². The molecule has 2 aromatic carbocycles. The standard InChI is InChI=1S/C21H19Cl2FN2O2/c22-17-8-3-14(12-18(17)23)2-1-11-25-20(27)9-10-21-26-13-19(28-21)15-4-6-16(24)7-5-15/h3-8,12-13H,1-2,9-11H2,(H,25,27). The summed E-state index contributed by atoms with van der Waals surface area (Å²) in [4.78, 5) is 16.2. The Kier molecular flexibility index (Phi) is 7.06. The molecule has 0 fully saturated rings. The van der Waals surface area contributed by atoms with Crippen LogP contribution in [0.1, 0.15) is 24.3 Å². The lowest BCUT2D eigenvalue weighted by molar-refractivity contribution is -0.121. The van der Waals surface area contributed by atoms with E-state index in [9.17, 15) is 9.18 Å². The minimum Gasteiger partial charge on any atom is -0.441 e.